The number of phenols is 1. The summed E-state index contributed by atoms with van der Waals surface area (Å²) in [5, 5.41) is 44.5. The quantitative estimate of drug-likeness (QED) is 0.536. The summed E-state index contributed by atoms with van der Waals surface area (Å²) < 4.78 is 6.16. The third kappa shape index (κ3) is 1.70. The van der Waals surface area contributed by atoms with Gasteiger partial charge in [0.1, 0.15) is 23.8 Å². The third-order valence-electron chi connectivity index (χ3n) is 8.49. The molecule has 0 amide bonds. The van der Waals surface area contributed by atoms with Gasteiger partial charge in [0.25, 0.3) is 0 Å². The molecular weight excluding hydrogens is 362 g/mol. The molecule has 6 atom stereocenters. The van der Waals surface area contributed by atoms with E-state index in [1.807, 2.05) is 13.1 Å². The van der Waals surface area contributed by atoms with E-state index in [1.54, 1.807) is 6.07 Å². The molecule has 0 radical (unpaired) electrons. The molecule has 1 aromatic rings. The minimum Gasteiger partial charge on any atom is -0.504 e. The monoisotopic (exact) mass is 388 g/mol. The molecule has 1 spiro atoms. The van der Waals surface area contributed by atoms with Crippen LogP contribution in [-0.2, 0) is 16.6 Å². The lowest BCUT2D eigenvalue weighted by Gasteiger charge is -2.65. The average Bonchev–Trinajstić information content (AvgIpc) is 3.23. The van der Waals surface area contributed by atoms with Gasteiger partial charge >= 0.3 is 0 Å². The summed E-state index contributed by atoms with van der Waals surface area (Å²) in [7, 11) is 1.92. The van der Waals surface area contributed by atoms with Gasteiger partial charge in [0, 0.05) is 24.8 Å². The second kappa shape index (κ2) is 4.73. The van der Waals surface area contributed by atoms with Crippen LogP contribution < -0.4 is 4.74 Å². The Morgan fingerprint density at radius 1 is 1.25 bits per heavy atom. The molecule has 7 heteroatoms. The fourth-order valence-electron chi connectivity index (χ4n) is 6.97. The van der Waals surface area contributed by atoms with Crippen molar-refractivity contribution in [3.05, 3.63) is 23.3 Å². The van der Waals surface area contributed by atoms with Crippen LogP contribution >= 0.6 is 0 Å². The van der Waals surface area contributed by atoms with Crippen LogP contribution in [0.5, 0.6) is 11.5 Å². The molecule has 7 nitrogen and oxygen atoms in total. The highest BCUT2D eigenvalue weighted by atomic mass is 16.5. The topological polar surface area (TPSA) is 107 Å². The maximum Gasteiger partial charge on any atom is 0.191 e. The van der Waals surface area contributed by atoms with Crippen molar-refractivity contribution in [3.63, 3.8) is 0 Å². The van der Waals surface area contributed by atoms with E-state index in [4.69, 9.17) is 4.74 Å². The fraction of sp³-hybridized carbons (Fsp3) is 0.667. The largest absolute Gasteiger partial charge is 0.504 e. The fourth-order valence-corrected chi connectivity index (χ4v) is 6.97. The highest BCUT2D eigenvalue weighted by Crippen LogP contribution is 2.66. The number of phenolic OH excluding ortho intramolecular Hbond substituents is 1. The number of hydrogen-bond acceptors (Lipinski definition) is 6. The number of ether oxygens (including phenoxy) is 1. The zero-order valence-electron chi connectivity index (χ0n) is 15.9. The van der Waals surface area contributed by atoms with Crippen LogP contribution in [0.4, 0.5) is 0 Å². The number of hydrogen-bond donors (Lipinski definition) is 4. The highest BCUT2D eigenvalue weighted by Gasteiger charge is 2.78. The molecule has 2 saturated carbocycles. The molecule has 1 aromatic carbocycles. The smallest absolute Gasteiger partial charge is 0.191 e. The van der Waals surface area contributed by atoms with Gasteiger partial charge < -0.3 is 25.2 Å². The van der Waals surface area contributed by atoms with Gasteiger partial charge in [-0.15, -0.1) is 0 Å². The molecular formula is C21H26NO6+. The van der Waals surface area contributed by atoms with E-state index in [0.29, 0.717) is 43.5 Å². The van der Waals surface area contributed by atoms with Crippen LogP contribution in [0.25, 0.3) is 0 Å². The number of quaternary nitrogens is 1. The molecule has 2 aliphatic heterocycles. The van der Waals surface area contributed by atoms with Gasteiger partial charge in [0.2, 0.25) is 0 Å². The molecule has 4 N–H and O–H groups in total. The Hall–Kier alpha value is -1.67. The van der Waals surface area contributed by atoms with Crippen molar-refractivity contribution in [1.29, 1.82) is 0 Å². The summed E-state index contributed by atoms with van der Waals surface area (Å²) in [4.78, 5) is 12.8. The number of aromatic hydroxyl groups is 1. The molecule has 6 rings (SSSR count). The lowest BCUT2D eigenvalue weighted by molar-refractivity contribution is -0.994. The zero-order chi connectivity index (χ0) is 19.7. The van der Waals surface area contributed by atoms with Crippen molar-refractivity contribution in [2.75, 3.05) is 13.6 Å². The van der Waals surface area contributed by atoms with Crippen LogP contribution in [0.15, 0.2) is 12.1 Å². The number of nitrogens with zero attached hydrogens (tertiary/aromatic N) is 1. The average molecular weight is 388 g/mol. The van der Waals surface area contributed by atoms with E-state index in [2.05, 4.69) is 0 Å². The Labute approximate surface area is 162 Å². The first-order valence-corrected chi connectivity index (χ1v) is 10.2. The molecule has 3 fully saturated rings. The first kappa shape index (κ1) is 17.2. The summed E-state index contributed by atoms with van der Waals surface area (Å²) in [6.45, 7) is 0.386. The zero-order valence-corrected chi connectivity index (χ0v) is 15.9. The molecule has 150 valence electrons. The Morgan fingerprint density at radius 3 is 2.71 bits per heavy atom. The van der Waals surface area contributed by atoms with E-state index in [-0.39, 0.29) is 34.9 Å². The number of piperidine rings is 1. The highest BCUT2D eigenvalue weighted by molar-refractivity contribution is 5.90. The van der Waals surface area contributed by atoms with Gasteiger partial charge in [-0.1, -0.05) is 6.07 Å². The molecule has 1 unspecified atom stereocenters. The Kier molecular flexibility index (Phi) is 2.90. The molecule has 28 heavy (non-hydrogen) atoms. The number of benzene rings is 1. The Bertz CT molecular complexity index is 928. The minimum absolute atomic E-state index is 0.0271. The van der Waals surface area contributed by atoms with Crippen molar-refractivity contribution in [2.45, 2.75) is 73.5 Å². The maximum absolute atomic E-state index is 12.8. The number of carbonyl (C=O) groups excluding carboxylic acids is 1. The molecule has 5 aliphatic rings. The second-order valence-corrected chi connectivity index (χ2v) is 9.94. The van der Waals surface area contributed by atoms with Crippen molar-refractivity contribution < 1.29 is 34.4 Å². The number of aliphatic hydroxyl groups is 3. The lowest BCUT2D eigenvalue weighted by atomic mass is 9.48. The predicted octanol–water partition coefficient (Wildman–Crippen LogP) is 0.103. The van der Waals surface area contributed by atoms with Crippen molar-refractivity contribution in [3.8, 4) is 11.5 Å². The van der Waals surface area contributed by atoms with E-state index < -0.39 is 28.9 Å². The number of Topliss-reactive ketones (excluding diaryl/α,β-unsaturated/α-hetero) is 1. The standard InChI is InChI=1S/C21H25NO6/c1-22(10-19(26)6-7-19)14-8-11-2-3-12(23)17-16(11)20(9-15(22)25)18(28-17)13(24)4-5-21(14,20)27/h2-3,14-15,18,25-27H,4-10H2,1H3/p+1/t14-,15?,18-,20-,21+,22+/m0/s1. The van der Waals surface area contributed by atoms with Gasteiger partial charge in [-0.2, -0.15) is 0 Å². The Balaban J connectivity index is 1.61. The molecule has 1 saturated heterocycles. The summed E-state index contributed by atoms with van der Waals surface area (Å²) in [5.41, 5.74) is -1.40. The van der Waals surface area contributed by atoms with Crippen LogP contribution in [0, 0.1) is 0 Å². The van der Waals surface area contributed by atoms with Gasteiger partial charge in [-0.3, -0.25) is 9.28 Å². The predicted molar refractivity (Wildman–Crippen MR) is 96.7 cm³/mol. The van der Waals surface area contributed by atoms with Crippen molar-refractivity contribution >= 4 is 5.78 Å². The first-order chi connectivity index (χ1) is 13.1. The van der Waals surface area contributed by atoms with Crippen LogP contribution in [0.1, 0.15) is 43.2 Å². The number of carbonyl (C=O) groups is 1. The van der Waals surface area contributed by atoms with E-state index >= 15 is 0 Å². The van der Waals surface area contributed by atoms with Crippen LogP contribution in [0.3, 0.4) is 0 Å². The van der Waals surface area contributed by atoms with Crippen molar-refractivity contribution in [2.24, 2.45) is 0 Å². The van der Waals surface area contributed by atoms with E-state index in [9.17, 15) is 25.2 Å². The summed E-state index contributed by atoms with van der Waals surface area (Å²) in [6.07, 6.45) is 0.900. The van der Waals surface area contributed by atoms with E-state index in [0.717, 1.165) is 5.56 Å². The SMILES string of the molecule is C[N@+]1(CC2(O)CC2)C(O)C[C@]23c4c5ccc(O)c4O[C@H]2C(=O)CC[C@@]3(O)[C@@H]1C5. The van der Waals surface area contributed by atoms with Gasteiger partial charge in [-0.05, 0) is 30.9 Å². The van der Waals surface area contributed by atoms with Crippen molar-refractivity contribution in [1.82, 2.24) is 0 Å². The summed E-state index contributed by atoms with van der Waals surface area (Å²) in [5.74, 6) is 0.176. The molecule has 2 heterocycles. The first-order valence-electron chi connectivity index (χ1n) is 10.2. The number of aliphatic hydroxyl groups excluding tert-OH is 1. The normalized spacial score (nSPS) is 46.7. The maximum atomic E-state index is 12.8. The number of likely N-dealkylation sites (N-methyl/N-ethyl adjacent to an activating group) is 1. The van der Waals surface area contributed by atoms with Gasteiger partial charge in [0.05, 0.1) is 12.5 Å². The summed E-state index contributed by atoms with van der Waals surface area (Å²) in [6, 6.07) is 3.08. The Morgan fingerprint density at radius 2 is 2.00 bits per heavy atom. The second-order valence-electron chi connectivity index (χ2n) is 9.94. The summed E-state index contributed by atoms with van der Waals surface area (Å²) >= 11 is 0. The number of likely N-dealkylation sites (tertiary alicyclic amines) is 1. The molecule has 2 bridgehead atoms. The number of ketones is 1. The van der Waals surface area contributed by atoms with Crippen LogP contribution in [0.2, 0.25) is 0 Å². The molecule has 3 aliphatic carbocycles. The lowest BCUT2D eigenvalue weighted by Crippen LogP contribution is -2.83. The number of rotatable bonds is 2. The molecule has 0 aromatic heterocycles. The van der Waals surface area contributed by atoms with Gasteiger partial charge in [-0.25, -0.2) is 0 Å². The van der Waals surface area contributed by atoms with Gasteiger partial charge in [0.15, 0.2) is 29.6 Å². The third-order valence-corrected chi connectivity index (χ3v) is 8.49. The van der Waals surface area contributed by atoms with Crippen LogP contribution in [-0.4, -0.2) is 73.9 Å². The minimum atomic E-state index is -1.24. The van der Waals surface area contributed by atoms with E-state index in [1.165, 1.54) is 0 Å².